The fraction of sp³-hybridized carbons (Fsp3) is 0.529. The lowest BCUT2D eigenvalue weighted by molar-refractivity contribution is -0.127. The van der Waals surface area contributed by atoms with Gasteiger partial charge in [0, 0.05) is 19.0 Å². The highest BCUT2D eigenvalue weighted by molar-refractivity contribution is 6.01. The monoisotopic (exact) mass is 355 g/mol. The Labute approximate surface area is 147 Å². The quantitative estimate of drug-likeness (QED) is 0.867. The number of carbonyl (C=O) groups excluding carboxylic acids is 2. The molecule has 7 heteroatoms. The summed E-state index contributed by atoms with van der Waals surface area (Å²) in [5.41, 5.74) is 6.25. The Balaban J connectivity index is 0.00000208. The maximum absolute atomic E-state index is 13.8. The maximum Gasteiger partial charge on any atom is 0.249 e. The average molecular weight is 356 g/mol. The number of carbonyl (C=O) groups is 2. The van der Waals surface area contributed by atoms with Crippen molar-refractivity contribution in [3.8, 4) is 0 Å². The van der Waals surface area contributed by atoms with Crippen LogP contribution in [0.15, 0.2) is 24.3 Å². The van der Waals surface area contributed by atoms with Crippen LogP contribution in [0.5, 0.6) is 0 Å². The Morgan fingerprint density at radius 2 is 2.04 bits per heavy atom. The molecule has 2 amide bonds. The van der Waals surface area contributed by atoms with Gasteiger partial charge in [-0.2, -0.15) is 0 Å². The van der Waals surface area contributed by atoms with Gasteiger partial charge in [0.1, 0.15) is 11.9 Å². The van der Waals surface area contributed by atoms with Gasteiger partial charge in [0.2, 0.25) is 11.8 Å². The second-order valence-corrected chi connectivity index (χ2v) is 6.41. The number of nitrogens with one attached hydrogen (secondary N) is 1. The lowest BCUT2D eigenvalue weighted by Crippen LogP contribution is -2.43. The molecule has 1 aromatic rings. The molecule has 1 saturated heterocycles. The van der Waals surface area contributed by atoms with Gasteiger partial charge >= 0.3 is 0 Å². The number of amides is 2. The Bertz CT molecular complexity index is 613. The Morgan fingerprint density at radius 1 is 1.29 bits per heavy atom. The van der Waals surface area contributed by atoms with Gasteiger partial charge in [-0.25, -0.2) is 4.39 Å². The van der Waals surface area contributed by atoms with Crippen LogP contribution < -0.4 is 16.0 Å². The Kier molecular flexibility index (Phi) is 6.18. The van der Waals surface area contributed by atoms with Crippen molar-refractivity contribution >= 4 is 29.9 Å². The molecule has 0 aromatic heterocycles. The van der Waals surface area contributed by atoms with Crippen LogP contribution in [0.4, 0.5) is 10.1 Å². The molecule has 1 aliphatic heterocycles. The lowest BCUT2D eigenvalue weighted by atomic mass is 9.99. The summed E-state index contributed by atoms with van der Waals surface area (Å²) >= 11 is 0. The fourth-order valence-electron chi connectivity index (χ4n) is 3.53. The predicted molar refractivity (Wildman–Crippen MR) is 92.5 cm³/mol. The Hall–Kier alpha value is -1.66. The topological polar surface area (TPSA) is 75.4 Å². The van der Waals surface area contributed by atoms with E-state index in [1.807, 2.05) is 0 Å². The number of nitrogens with two attached hydrogens (primary N) is 1. The van der Waals surface area contributed by atoms with Crippen molar-refractivity contribution < 1.29 is 14.0 Å². The summed E-state index contributed by atoms with van der Waals surface area (Å²) in [5, 5.41) is 2.79. The zero-order valence-electron chi connectivity index (χ0n) is 13.4. The number of nitrogens with zero attached hydrogens (tertiary/aromatic N) is 1. The molecular weight excluding hydrogens is 333 g/mol. The number of anilines is 1. The minimum Gasteiger partial charge on any atom is -0.344 e. The summed E-state index contributed by atoms with van der Waals surface area (Å²) in [6.45, 7) is 0.410. The number of rotatable bonds is 4. The van der Waals surface area contributed by atoms with Crippen LogP contribution in [0.1, 0.15) is 32.1 Å². The predicted octanol–water partition coefficient (Wildman–Crippen LogP) is 1.99. The third-order valence-corrected chi connectivity index (χ3v) is 4.85. The summed E-state index contributed by atoms with van der Waals surface area (Å²) < 4.78 is 13.8. The van der Waals surface area contributed by atoms with Crippen LogP contribution in [-0.2, 0) is 9.59 Å². The molecule has 3 atom stereocenters. The van der Waals surface area contributed by atoms with Crippen molar-refractivity contribution in [2.24, 2.45) is 11.7 Å². The number of hydrogen-bond acceptors (Lipinski definition) is 3. The molecule has 3 rings (SSSR count). The lowest BCUT2D eigenvalue weighted by Gasteiger charge is -2.19. The van der Waals surface area contributed by atoms with Crippen LogP contribution in [0.25, 0.3) is 0 Å². The second kappa shape index (κ2) is 7.94. The highest BCUT2D eigenvalue weighted by Crippen LogP contribution is 2.27. The number of para-hydroxylation sites is 1. The molecule has 3 N–H and O–H groups in total. The van der Waals surface area contributed by atoms with Gasteiger partial charge in [-0.15, -0.1) is 12.4 Å². The highest BCUT2D eigenvalue weighted by Gasteiger charge is 2.35. The van der Waals surface area contributed by atoms with Gasteiger partial charge in [0.05, 0.1) is 5.69 Å². The molecule has 1 aromatic carbocycles. The first kappa shape index (κ1) is 18.7. The smallest absolute Gasteiger partial charge is 0.249 e. The van der Waals surface area contributed by atoms with Crippen molar-refractivity contribution in [3.63, 3.8) is 0 Å². The molecule has 1 heterocycles. The number of hydrogen-bond donors (Lipinski definition) is 2. The van der Waals surface area contributed by atoms with Gasteiger partial charge in [-0.1, -0.05) is 18.6 Å². The van der Waals surface area contributed by atoms with Crippen molar-refractivity contribution in [1.82, 2.24) is 5.32 Å². The van der Waals surface area contributed by atoms with Gasteiger partial charge in [-0.3, -0.25) is 9.59 Å². The standard InChI is InChI=1S/C17H22FN3O2.ClH/c18-12-5-1-2-7-15(12)21-9-8-14(17(21)23)20-16(22)10-11-4-3-6-13(11)19;/h1-2,5,7,11,13-14H,3-4,6,8-10,19H2,(H,20,22);1H/t11-,13+,14?;/m0./s1. The third kappa shape index (κ3) is 3.87. The van der Waals surface area contributed by atoms with Crippen molar-refractivity contribution in [3.05, 3.63) is 30.1 Å². The van der Waals surface area contributed by atoms with Crippen molar-refractivity contribution in [2.75, 3.05) is 11.4 Å². The first-order valence-corrected chi connectivity index (χ1v) is 8.17. The summed E-state index contributed by atoms with van der Waals surface area (Å²) in [6.07, 6.45) is 3.85. The molecule has 0 spiro atoms. The summed E-state index contributed by atoms with van der Waals surface area (Å²) in [7, 11) is 0. The van der Waals surface area contributed by atoms with Gasteiger partial charge < -0.3 is 16.0 Å². The second-order valence-electron chi connectivity index (χ2n) is 6.41. The van der Waals surface area contributed by atoms with Crippen molar-refractivity contribution in [1.29, 1.82) is 0 Å². The first-order valence-electron chi connectivity index (χ1n) is 8.17. The highest BCUT2D eigenvalue weighted by atomic mass is 35.5. The molecule has 5 nitrogen and oxygen atoms in total. The van der Waals surface area contributed by atoms with E-state index in [4.69, 9.17) is 5.73 Å². The van der Waals surface area contributed by atoms with E-state index in [-0.39, 0.29) is 41.9 Å². The minimum absolute atomic E-state index is 0. The molecule has 0 radical (unpaired) electrons. The maximum atomic E-state index is 13.8. The van der Waals surface area contributed by atoms with Gasteiger partial charge in [-0.05, 0) is 37.3 Å². The molecule has 1 aliphatic carbocycles. The van der Waals surface area contributed by atoms with Crippen LogP contribution >= 0.6 is 12.4 Å². The summed E-state index contributed by atoms with van der Waals surface area (Å²) in [6, 6.07) is 5.70. The SMILES string of the molecule is Cl.N[C@@H]1CCC[C@H]1CC(=O)NC1CCN(c2ccccc2F)C1=O. The van der Waals surface area contributed by atoms with E-state index in [1.54, 1.807) is 18.2 Å². The molecular formula is C17H23ClFN3O2. The zero-order valence-corrected chi connectivity index (χ0v) is 14.2. The van der Waals surface area contributed by atoms with Crippen molar-refractivity contribution in [2.45, 2.75) is 44.2 Å². The van der Waals surface area contributed by atoms with E-state index in [0.29, 0.717) is 19.4 Å². The van der Waals surface area contributed by atoms with E-state index >= 15 is 0 Å². The van der Waals surface area contributed by atoms with Crippen LogP contribution in [0.2, 0.25) is 0 Å². The normalized spacial score (nSPS) is 26.3. The van der Waals surface area contributed by atoms with E-state index in [9.17, 15) is 14.0 Å². The molecule has 1 unspecified atom stereocenters. The molecule has 2 fully saturated rings. The zero-order chi connectivity index (χ0) is 16.4. The fourth-order valence-corrected chi connectivity index (χ4v) is 3.53. The summed E-state index contributed by atoms with van der Waals surface area (Å²) in [5.74, 6) is -0.612. The van der Waals surface area contributed by atoms with E-state index < -0.39 is 11.9 Å². The molecule has 24 heavy (non-hydrogen) atoms. The third-order valence-electron chi connectivity index (χ3n) is 4.85. The van der Waals surface area contributed by atoms with E-state index in [2.05, 4.69) is 5.32 Å². The largest absolute Gasteiger partial charge is 0.344 e. The summed E-state index contributed by atoms with van der Waals surface area (Å²) in [4.78, 5) is 26.0. The van der Waals surface area contributed by atoms with Crippen LogP contribution in [0, 0.1) is 11.7 Å². The number of halogens is 2. The van der Waals surface area contributed by atoms with E-state index in [0.717, 1.165) is 19.3 Å². The molecule has 0 bridgehead atoms. The molecule has 1 saturated carbocycles. The Morgan fingerprint density at radius 3 is 2.71 bits per heavy atom. The number of benzene rings is 1. The molecule has 2 aliphatic rings. The minimum atomic E-state index is -0.570. The van der Waals surface area contributed by atoms with Crippen LogP contribution in [0.3, 0.4) is 0 Å². The van der Waals surface area contributed by atoms with Gasteiger partial charge in [0.15, 0.2) is 0 Å². The molecule has 132 valence electrons. The van der Waals surface area contributed by atoms with Crippen LogP contribution in [-0.4, -0.2) is 30.4 Å². The van der Waals surface area contributed by atoms with E-state index in [1.165, 1.54) is 11.0 Å². The average Bonchev–Trinajstić information content (AvgIpc) is 3.07. The van der Waals surface area contributed by atoms with Gasteiger partial charge in [0.25, 0.3) is 0 Å². The first-order chi connectivity index (χ1) is 11.1.